The van der Waals surface area contributed by atoms with E-state index in [0.717, 1.165) is 32.4 Å². The molecule has 1 rings (SSSR count). The highest BCUT2D eigenvalue weighted by Crippen LogP contribution is 2.28. The van der Waals surface area contributed by atoms with Crippen molar-refractivity contribution in [1.29, 1.82) is 0 Å². The first kappa shape index (κ1) is 13.5. The fraction of sp³-hybridized carbons (Fsp3) is 0.917. The van der Waals surface area contributed by atoms with Crippen LogP contribution >= 0.6 is 0 Å². The van der Waals surface area contributed by atoms with Crippen LogP contribution in [0.25, 0.3) is 0 Å². The van der Waals surface area contributed by atoms with Crippen molar-refractivity contribution >= 4 is 5.97 Å². The minimum atomic E-state index is -0.679. The first-order chi connectivity index (χ1) is 7.44. The third-order valence-corrected chi connectivity index (χ3v) is 4.09. The summed E-state index contributed by atoms with van der Waals surface area (Å²) >= 11 is 0. The Labute approximate surface area is 98.2 Å². The van der Waals surface area contributed by atoms with Crippen LogP contribution < -0.4 is 0 Å². The topological polar surface area (TPSA) is 43.8 Å². The van der Waals surface area contributed by atoms with Gasteiger partial charge in [0.1, 0.15) is 5.54 Å². The smallest absolute Gasteiger partial charge is 0.324 e. The molecule has 4 heteroatoms. The van der Waals surface area contributed by atoms with Gasteiger partial charge in [-0.2, -0.15) is 0 Å². The van der Waals surface area contributed by atoms with Crippen molar-refractivity contribution in [3.63, 3.8) is 0 Å². The minimum Gasteiger partial charge on any atom is -0.480 e. The summed E-state index contributed by atoms with van der Waals surface area (Å²) in [5.41, 5.74) is -0.649. The fourth-order valence-corrected chi connectivity index (χ4v) is 2.45. The van der Waals surface area contributed by atoms with Crippen LogP contribution in [0.4, 0.5) is 0 Å². The van der Waals surface area contributed by atoms with Gasteiger partial charge in [0.05, 0.1) is 0 Å². The molecule has 1 atom stereocenters. The van der Waals surface area contributed by atoms with Crippen molar-refractivity contribution in [1.82, 2.24) is 9.80 Å². The Kier molecular flexibility index (Phi) is 4.33. The second-order valence-electron chi connectivity index (χ2n) is 5.02. The van der Waals surface area contributed by atoms with Gasteiger partial charge in [-0.3, -0.25) is 9.69 Å². The number of carbonyl (C=O) groups is 1. The number of hydrogen-bond acceptors (Lipinski definition) is 3. The summed E-state index contributed by atoms with van der Waals surface area (Å²) < 4.78 is 0. The van der Waals surface area contributed by atoms with Crippen molar-refractivity contribution in [3.05, 3.63) is 0 Å². The van der Waals surface area contributed by atoms with Crippen molar-refractivity contribution in [2.24, 2.45) is 0 Å². The molecular weight excluding hydrogens is 204 g/mol. The number of nitrogens with zero attached hydrogens (tertiary/aromatic N) is 2. The number of likely N-dealkylation sites (tertiary alicyclic amines) is 1. The molecule has 1 N–H and O–H groups in total. The van der Waals surface area contributed by atoms with E-state index in [0.29, 0.717) is 6.04 Å². The van der Waals surface area contributed by atoms with E-state index in [1.807, 2.05) is 19.0 Å². The van der Waals surface area contributed by atoms with Gasteiger partial charge < -0.3 is 10.0 Å². The second kappa shape index (κ2) is 5.15. The van der Waals surface area contributed by atoms with E-state index < -0.39 is 11.5 Å². The Balaban J connectivity index is 2.67. The number of rotatable bonds is 4. The standard InChI is InChI=1S/C12H24N2O2/c1-5-10(2)14-8-6-12(7-9-14,11(15)16)13(3)4/h10H,5-9H2,1-4H3,(H,15,16). The SMILES string of the molecule is CCC(C)N1CCC(C(=O)O)(N(C)C)CC1. The van der Waals surface area contributed by atoms with Gasteiger partial charge in [0.2, 0.25) is 0 Å². The van der Waals surface area contributed by atoms with Crippen LogP contribution in [0.5, 0.6) is 0 Å². The maximum atomic E-state index is 11.4. The Morgan fingerprint density at radius 1 is 1.44 bits per heavy atom. The normalized spacial score (nSPS) is 23.3. The average Bonchev–Trinajstić information content (AvgIpc) is 2.27. The van der Waals surface area contributed by atoms with E-state index in [2.05, 4.69) is 18.7 Å². The molecule has 0 aromatic carbocycles. The lowest BCUT2D eigenvalue weighted by Gasteiger charge is -2.44. The van der Waals surface area contributed by atoms with Crippen molar-refractivity contribution in [2.75, 3.05) is 27.2 Å². The lowest BCUT2D eigenvalue weighted by atomic mass is 9.85. The summed E-state index contributed by atoms with van der Waals surface area (Å²) in [5.74, 6) is -0.679. The van der Waals surface area contributed by atoms with Crippen LogP contribution in [-0.2, 0) is 4.79 Å². The zero-order valence-electron chi connectivity index (χ0n) is 10.9. The zero-order chi connectivity index (χ0) is 12.3. The number of carboxylic acid groups (broad SMARTS) is 1. The van der Waals surface area contributed by atoms with Crippen molar-refractivity contribution < 1.29 is 9.90 Å². The van der Waals surface area contributed by atoms with Crippen molar-refractivity contribution in [2.45, 2.75) is 44.7 Å². The van der Waals surface area contributed by atoms with E-state index in [-0.39, 0.29) is 0 Å². The molecule has 4 nitrogen and oxygen atoms in total. The number of piperidine rings is 1. The van der Waals surface area contributed by atoms with Crippen LogP contribution in [0.2, 0.25) is 0 Å². The maximum Gasteiger partial charge on any atom is 0.324 e. The molecule has 0 aliphatic carbocycles. The lowest BCUT2D eigenvalue weighted by Crippen LogP contribution is -2.58. The first-order valence-electron chi connectivity index (χ1n) is 6.09. The monoisotopic (exact) mass is 228 g/mol. The number of carboxylic acids is 1. The highest BCUT2D eigenvalue weighted by atomic mass is 16.4. The summed E-state index contributed by atoms with van der Waals surface area (Å²) in [5, 5.41) is 9.38. The molecule has 0 aromatic heterocycles. The molecule has 16 heavy (non-hydrogen) atoms. The summed E-state index contributed by atoms with van der Waals surface area (Å²) in [6, 6.07) is 0.564. The molecule has 0 saturated carbocycles. The summed E-state index contributed by atoms with van der Waals surface area (Å²) in [4.78, 5) is 15.7. The second-order valence-corrected chi connectivity index (χ2v) is 5.02. The third kappa shape index (κ3) is 2.38. The summed E-state index contributed by atoms with van der Waals surface area (Å²) in [6.45, 7) is 6.16. The van der Waals surface area contributed by atoms with Crippen LogP contribution in [0, 0.1) is 0 Å². The minimum absolute atomic E-state index is 0.564. The molecule has 0 amide bonds. The lowest BCUT2D eigenvalue weighted by molar-refractivity contribution is -0.153. The van der Waals surface area contributed by atoms with Crippen LogP contribution in [0.3, 0.4) is 0 Å². The largest absolute Gasteiger partial charge is 0.480 e. The molecule has 1 unspecified atom stereocenters. The highest BCUT2D eigenvalue weighted by molar-refractivity contribution is 5.78. The van der Waals surface area contributed by atoms with Gasteiger partial charge in [0, 0.05) is 19.1 Å². The summed E-state index contributed by atoms with van der Waals surface area (Å²) in [6.07, 6.45) is 2.57. The quantitative estimate of drug-likeness (QED) is 0.787. The zero-order valence-corrected chi connectivity index (χ0v) is 10.9. The first-order valence-corrected chi connectivity index (χ1v) is 6.09. The van der Waals surface area contributed by atoms with E-state index in [1.165, 1.54) is 0 Å². The molecule has 0 aromatic rings. The Morgan fingerprint density at radius 2 is 1.94 bits per heavy atom. The molecule has 94 valence electrons. The van der Waals surface area contributed by atoms with E-state index >= 15 is 0 Å². The third-order valence-electron chi connectivity index (χ3n) is 4.09. The van der Waals surface area contributed by atoms with E-state index in [4.69, 9.17) is 0 Å². The van der Waals surface area contributed by atoms with Gasteiger partial charge in [-0.15, -0.1) is 0 Å². The molecule has 1 fully saturated rings. The van der Waals surface area contributed by atoms with Gasteiger partial charge in [0.15, 0.2) is 0 Å². The van der Waals surface area contributed by atoms with Crippen molar-refractivity contribution in [3.8, 4) is 0 Å². The van der Waals surface area contributed by atoms with Crippen LogP contribution in [-0.4, -0.2) is 59.6 Å². The van der Waals surface area contributed by atoms with Crippen LogP contribution in [0.15, 0.2) is 0 Å². The van der Waals surface area contributed by atoms with Gasteiger partial charge >= 0.3 is 5.97 Å². The molecule has 0 radical (unpaired) electrons. The molecule has 0 spiro atoms. The molecular formula is C12H24N2O2. The Bertz CT molecular complexity index is 245. The Morgan fingerprint density at radius 3 is 2.25 bits per heavy atom. The van der Waals surface area contributed by atoms with Gasteiger partial charge in [-0.05, 0) is 40.3 Å². The maximum absolute atomic E-state index is 11.4. The number of hydrogen-bond donors (Lipinski definition) is 1. The molecule has 1 saturated heterocycles. The predicted octanol–water partition coefficient (Wildman–Crippen LogP) is 1.27. The fourth-order valence-electron chi connectivity index (χ4n) is 2.45. The molecule has 1 heterocycles. The van der Waals surface area contributed by atoms with Gasteiger partial charge in [-0.1, -0.05) is 6.92 Å². The average molecular weight is 228 g/mol. The summed E-state index contributed by atoms with van der Waals surface area (Å²) in [7, 11) is 3.74. The number of aliphatic carboxylic acids is 1. The number of likely N-dealkylation sites (N-methyl/N-ethyl adjacent to an activating group) is 1. The van der Waals surface area contributed by atoms with Gasteiger partial charge in [-0.25, -0.2) is 0 Å². The molecule has 1 aliphatic heterocycles. The molecule has 0 bridgehead atoms. The van der Waals surface area contributed by atoms with E-state index in [1.54, 1.807) is 0 Å². The Hall–Kier alpha value is -0.610. The van der Waals surface area contributed by atoms with Gasteiger partial charge in [0.25, 0.3) is 0 Å². The van der Waals surface area contributed by atoms with Crippen LogP contribution in [0.1, 0.15) is 33.1 Å². The van der Waals surface area contributed by atoms with E-state index in [9.17, 15) is 9.90 Å². The highest BCUT2D eigenvalue weighted by Gasteiger charge is 2.43. The predicted molar refractivity (Wildman–Crippen MR) is 64.6 cm³/mol. The molecule has 1 aliphatic rings.